The summed E-state index contributed by atoms with van der Waals surface area (Å²) in [5.41, 5.74) is 1.90. The summed E-state index contributed by atoms with van der Waals surface area (Å²) in [6.07, 6.45) is 7.28. The maximum atomic E-state index is 13.1. The second kappa shape index (κ2) is 11.2. The van der Waals surface area contributed by atoms with Crippen LogP contribution in [0.5, 0.6) is 0 Å². The SMILES string of the molecule is CN1Cc2c(Cl)cc(Cl)cc2C(c2cccc(S(=O)(=O)NCCOCCC34C=CC=CC3C(=O)NC4=O)c2)C1. The number of fused-ring (bicyclic) bond motifs is 2. The first-order valence-electron chi connectivity index (χ1n) is 12.7. The van der Waals surface area contributed by atoms with Gasteiger partial charge in [0.15, 0.2) is 0 Å². The van der Waals surface area contributed by atoms with Crippen LogP contribution in [0, 0.1) is 11.3 Å². The molecule has 39 heavy (non-hydrogen) atoms. The molecular formula is C28H29Cl2N3O5S. The van der Waals surface area contributed by atoms with Crippen molar-refractivity contribution in [1.29, 1.82) is 0 Å². The van der Waals surface area contributed by atoms with Gasteiger partial charge in [0.05, 0.1) is 22.8 Å². The normalized spacial score (nSPS) is 24.5. The zero-order chi connectivity index (χ0) is 27.8. The van der Waals surface area contributed by atoms with Crippen molar-refractivity contribution in [2.24, 2.45) is 11.3 Å². The lowest BCUT2D eigenvalue weighted by Crippen LogP contribution is -2.35. The number of carbonyl (C=O) groups excluding carboxylic acids is 2. The van der Waals surface area contributed by atoms with Crippen molar-refractivity contribution in [2.75, 3.05) is 33.4 Å². The average molecular weight is 591 g/mol. The van der Waals surface area contributed by atoms with Gasteiger partial charge in [-0.15, -0.1) is 0 Å². The van der Waals surface area contributed by atoms with E-state index in [0.717, 1.165) is 16.7 Å². The van der Waals surface area contributed by atoms with Crippen LogP contribution in [0.25, 0.3) is 0 Å². The molecule has 0 aromatic heterocycles. The van der Waals surface area contributed by atoms with E-state index >= 15 is 0 Å². The molecule has 5 rings (SSSR count). The van der Waals surface area contributed by atoms with Gasteiger partial charge in [0.2, 0.25) is 21.8 Å². The Morgan fingerprint density at radius 2 is 1.97 bits per heavy atom. The first kappa shape index (κ1) is 28.0. The topological polar surface area (TPSA) is 105 Å². The van der Waals surface area contributed by atoms with E-state index in [1.165, 1.54) is 0 Å². The summed E-state index contributed by atoms with van der Waals surface area (Å²) < 4.78 is 34.4. The van der Waals surface area contributed by atoms with Gasteiger partial charge < -0.3 is 9.64 Å². The number of likely N-dealkylation sites (N-methyl/N-ethyl adjacent to an activating group) is 1. The van der Waals surface area contributed by atoms with Crippen LogP contribution in [0.2, 0.25) is 10.0 Å². The minimum atomic E-state index is -3.79. The zero-order valence-corrected chi connectivity index (χ0v) is 23.7. The van der Waals surface area contributed by atoms with Gasteiger partial charge >= 0.3 is 0 Å². The molecule has 1 saturated heterocycles. The number of imide groups is 1. The van der Waals surface area contributed by atoms with Crippen molar-refractivity contribution < 1.29 is 22.7 Å². The third kappa shape index (κ3) is 5.57. The lowest BCUT2D eigenvalue weighted by Gasteiger charge is -2.33. The van der Waals surface area contributed by atoms with Gasteiger partial charge in [-0.05, 0) is 54.4 Å². The Morgan fingerprint density at radius 3 is 2.79 bits per heavy atom. The maximum Gasteiger partial charge on any atom is 0.240 e. The van der Waals surface area contributed by atoms with Crippen LogP contribution in [-0.4, -0.2) is 58.5 Å². The molecule has 2 heterocycles. The number of nitrogens with zero attached hydrogens (tertiary/aromatic N) is 1. The Morgan fingerprint density at radius 1 is 1.15 bits per heavy atom. The lowest BCUT2D eigenvalue weighted by atomic mass is 9.72. The lowest BCUT2D eigenvalue weighted by molar-refractivity contribution is -0.127. The molecule has 2 amide bonds. The maximum absolute atomic E-state index is 13.1. The fourth-order valence-corrected chi connectivity index (χ4v) is 7.21. The highest BCUT2D eigenvalue weighted by molar-refractivity contribution is 7.89. The molecule has 3 unspecified atom stereocenters. The monoisotopic (exact) mass is 589 g/mol. The smallest absolute Gasteiger partial charge is 0.240 e. The van der Waals surface area contributed by atoms with Gasteiger partial charge in [-0.2, -0.15) is 0 Å². The Kier molecular flexibility index (Phi) is 8.01. The molecule has 0 bridgehead atoms. The summed E-state index contributed by atoms with van der Waals surface area (Å²) in [7, 11) is -1.79. The minimum absolute atomic E-state index is 0.0596. The fourth-order valence-electron chi connectivity index (χ4n) is 5.58. The first-order chi connectivity index (χ1) is 18.6. The molecule has 8 nitrogen and oxygen atoms in total. The standard InChI is InChI=1S/C28H29Cl2N3O5S/c1-33-16-22(21-14-19(29)15-25(30)23(21)17-33)18-5-4-6-20(13-18)39(36,37)31-10-12-38-11-9-28-8-3-2-7-24(28)26(34)32-27(28)35/h2-8,13-15,22,24,31H,9-12,16-17H2,1H3,(H,32,34,35). The predicted molar refractivity (Wildman–Crippen MR) is 149 cm³/mol. The van der Waals surface area contributed by atoms with Crippen molar-refractivity contribution in [3.05, 3.63) is 87.4 Å². The summed E-state index contributed by atoms with van der Waals surface area (Å²) >= 11 is 12.8. The summed E-state index contributed by atoms with van der Waals surface area (Å²) in [4.78, 5) is 26.8. The molecule has 0 saturated carbocycles. The number of carbonyl (C=O) groups is 2. The van der Waals surface area contributed by atoms with E-state index in [1.54, 1.807) is 48.6 Å². The third-order valence-corrected chi connectivity index (χ3v) is 9.58. The molecule has 0 radical (unpaired) electrons. The van der Waals surface area contributed by atoms with Crippen molar-refractivity contribution in [1.82, 2.24) is 14.9 Å². The van der Waals surface area contributed by atoms with E-state index in [2.05, 4.69) is 14.9 Å². The number of allylic oxidation sites excluding steroid dienone is 2. The molecule has 3 aliphatic rings. The molecule has 2 aromatic carbocycles. The Hall–Kier alpha value is -2.53. The quantitative estimate of drug-likeness (QED) is 0.342. The number of ether oxygens (including phenoxy) is 1. The molecule has 206 valence electrons. The number of rotatable bonds is 9. The highest BCUT2D eigenvalue weighted by atomic mass is 35.5. The average Bonchev–Trinajstić information content (AvgIpc) is 3.16. The van der Waals surface area contributed by atoms with Crippen molar-refractivity contribution in [3.8, 4) is 0 Å². The highest BCUT2D eigenvalue weighted by Gasteiger charge is 2.52. The van der Waals surface area contributed by atoms with Crippen LogP contribution in [-0.2, 0) is 30.9 Å². The molecule has 2 aromatic rings. The second-order valence-electron chi connectivity index (χ2n) is 10.1. The van der Waals surface area contributed by atoms with E-state index in [0.29, 0.717) is 29.6 Å². The zero-order valence-electron chi connectivity index (χ0n) is 21.3. The Bertz CT molecular complexity index is 1480. The summed E-state index contributed by atoms with van der Waals surface area (Å²) in [5.74, 6) is -1.28. The van der Waals surface area contributed by atoms with Gasteiger partial charge in [-0.3, -0.25) is 14.9 Å². The third-order valence-electron chi connectivity index (χ3n) is 7.57. The largest absolute Gasteiger partial charge is 0.380 e. The van der Waals surface area contributed by atoms with E-state index in [4.69, 9.17) is 27.9 Å². The van der Waals surface area contributed by atoms with Gasteiger partial charge in [0.1, 0.15) is 0 Å². The second-order valence-corrected chi connectivity index (χ2v) is 12.7. The van der Waals surface area contributed by atoms with Crippen LogP contribution < -0.4 is 10.0 Å². The number of benzene rings is 2. The van der Waals surface area contributed by atoms with Gasteiger partial charge in [-0.25, -0.2) is 13.1 Å². The predicted octanol–water partition coefficient (Wildman–Crippen LogP) is 3.64. The summed E-state index contributed by atoms with van der Waals surface area (Å²) in [6, 6.07) is 10.5. The van der Waals surface area contributed by atoms with E-state index in [-0.39, 0.29) is 42.4 Å². The Labute approximate surface area is 238 Å². The molecular weight excluding hydrogens is 561 g/mol. The summed E-state index contributed by atoms with van der Waals surface area (Å²) in [5, 5.41) is 3.54. The van der Waals surface area contributed by atoms with Crippen molar-refractivity contribution in [3.63, 3.8) is 0 Å². The van der Waals surface area contributed by atoms with E-state index < -0.39 is 21.4 Å². The number of amides is 2. The molecule has 2 aliphatic heterocycles. The van der Waals surface area contributed by atoms with Crippen LogP contribution in [0.4, 0.5) is 0 Å². The molecule has 1 fully saturated rings. The first-order valence-corrected chi connectivity index (χ1v) is 14.9. The molecule has 3 atom stereocenters. The van der Waals surface area contributed by atoms with Gasteiger partial charge in [0, 0.05) is 42.2 Å². The molecule has 0 spiro atoms. The molecule has 11 heteroatoms. The minimum Gasteiger partial charge on any atom is -0.380 e. The number of halogens is 2. The van der Waals surface area contributed by atoms with E-state index in [9.17, 15) is 18.0 Å². The summed E-state index contributed by atoms with van der Waals surface area (Å²) in [6.45, 7) is 1.77. The van der Waals surface area contributed by atoms with Gasteiger partial charge in [-0.1, -0.05) is 59.6 Å². The van der Waals surface area contributed by atoms with Crippen LogP contribution in [0.15, 0.2) is 65.6 Å². The fraction of sp³-hybridized carbons (Fsp3) is 0.357. The van der Waals surface area contributed by atoms with Gasteiger partial charge in [0.25, 0.3) is 0 Å². The van der Waals surface area contributed by atoms with Crippen LogP contribution >= 0.6 is 23.2 Å². The molecule has 1 aliphatic carbocycles. The van der Waals surface area contributed by atoms with Crippen LogP contribution in [0.3, 0.4) is 0 Å². The van der Waals surface area contributed by atoms with Crippen LogP contribution in [0.1, 0.15) is 29.0 Å². The number of hydrogen-bond acceptors (Lipinski definition) is 6. The van der Waals surface area contributed by atoms with E-state index in [1.807, 2.05) is 19.2 Å². The number of hydrogen-bond donors (Lipinski definition) is 2. The van der Waals surface area contributed by atoms with Crippen molar-refractivity contribution in [2.45, 2.75) is 23.8 Å². The Balaban J connectivity index is 1.20. The number of sulfonamides is 1. The highest BCUT2D eigenvalue weighted by Crippen LogP contribution is 2.41. The number of nitrogens with one attached hydrogen (secondary N) is 2. The van der Waals surface area contributed by atoms with Crippen molar-refractivity contribution >= 4 is 45.0 Å². The molecule has 2 N–H and O–H groups in total.